The Kier molecular flexibility index (Phi) is 4.05. The molecule has 1 aliphatic rings. The summed E-state index contributed by atoms with van der Waals surface area (Å²) in [7, 11) is 1.39. The number of ether oxygens (including phenoxy) is 1. The van der Waals surface area contributed by atoms with E-state index in [9.17, 15) is 4.79 Å². The van der Waals surface area contributed by atoms with Gasteiger partial charge in [-0.2, -0.15) is 0 Å². The van der Waals surface area contributed by atoms with Crippen molar-refractivity contribution in [2.24, 2.45) is 4.99 Å². The standard InChI is InChI=1S/C15H16ClNO2/c1-9-7-13(11-5-4-6-12(16)8-11)14(10(2)17-9)15(18)19-3/h4-6,8,13H,7H2,1-3H3. The summed E-state index contributed by atoms with van der Waals surface area (Å²) in [5.74, 6) is -0.359. The fourth-order valence-corrected chi connectivity index (χ4v) is 2.65. The first-order chi connectivity index (χ1) is 9.02. The van der Waals surface area contributed by atoms with E-state index in [1.165, 1.54) is 7.11 Å². The van der Waals surface area contributed by atoms with Crippen LogP contribution in [0.25, 0.3) is 0 Å². The molecule has 19 heavy (non-hydrogen) atoms. The summed E-state index contributed by atoms with van der Waals surface area (Å²) in [6, 6.07) is 7.58. The van der Waals surface area contributed by atoms with Crippen LogP contribution in [0.2, 0.25) is 5.02 Å². The monoisotopic (exact) mass is 277 g/mol. The molecule has 1 unspecified atom stereocenters. The van der Waals surface area contributed by atoms with Gasteiger partial charge >= 0.3 is 5.97 Å². The lowest BCUT2D eigenvalue weighted by Gasteiger charge is -2.24. The third-order valence-electron chi connectivity index (χ3n) is 3.25. The van der Waals surface area contributed by atoms with Gasteiger partial charge in [0.2, 0.25) is 0 Å². The Morgan fingerprint density at radius 1 is 1.42 bits per heavy atom. The van der Waals surface area contributed by atoms with E-state index in [0.717, 1.165) is 17.0 Å². The van der Waals surface area contributed by atoms with Gasteiger partial charge in [-0.25, -0.2) is 4.79 Å². The van der Waals surface area contributed by atoms with Crippen LogP contribution < -0.4 is 0 Å². The molecule has 0 N–H and O–H groups in total. The number of hydrogen-bond acceptors (Lipinski definition) is 3. The van der Waals surface area contributed by atoms with E-state index in [4.69, 9.17) is 16.3 Å². The van der Waals surface area contributed by atoms with E-state index in [1.54, 1.807) is 0 Å². The van der Waals surface area contributed by atoms with Crippen molar-refractivity contribution in [3.05, 3.63) is 46.1 Å². The third kappa shape index (κ3) is 2.87. The molecule has 1 atom stereocenters. The van der Waals surface area contributed by atoms with Gasteiger partial charge in [0, 0.05) is 22.3 Å². The van der Waals surface area contributed by atoms with Gasteiger partial charge in [0.25, 0.3) is 0 Å². The molecule has 2 rings (SSSR count). The summed E-state index contributed by atoms with van der Waals surface area (Å²) in [5, 5.41) is 0.666. The summed E-state index contributed by atoms with van der Waals surface area (Å²) in [4.78, 5) is 16.4. The van der Waals surface area contributed by atoms with E-state index in [-0.39, 0.29) is 11.9 Å². The molecule has 0 saturated carbocycles. The van der Waals surface area contributed by atoms with Gasteiger partial charge < -0.3 is 4.74 Å². The zero-order valence-corrected chi connectivity index (χ0v) is 12.0. The Hall–Kier alpha value is -1.61. The van der Waals surface area contributed by atoms with Crippen molar-refractivity contribution in [3.63, 3.8) is 0 Å². The molecule has 0 saturated heterocycles. The van der Waals surface area contributed by atoms with Crippen molar-refractivity contribution in [1.29, 1.82) is 0 Å². The summed E-state index contributed by atoms with van der Waals surface area (Å²) >= 11 is 6.04. The van der Waals surface area contributed by atoms with E-state index in [2.05, 4.69) is 4.99 Å². The SMILES string of the molecule is COC(=O)C1=C(C)N=C(C)CC1c1cccc(Cl)c1. The summed E-state index contributed by atoms with van der Waals surface area (Å²) in [5.41, 5.74) is 3.37. The zero-order chi connectivity index (χ0) is 14.0. The summed E-state index contributed by atoms with van der Waals surface area (Å²) < 4.78 is 4.88. The van der Waals surface area contributed by atoms with E-state index in [1.807, 2.05) is 38.1 Å². The van der Waals surface area contributed by atoms with Crippen LogP contribution in [0.5, 0.6) is 0 Å². The van der Waals surface area contributed by atoms with Crippen LogP contribution in [0, 0.1) is 0 Å². The fourth-order valence-electron chi connectivity index (χ4n) is 2.45. The number of benzene rings is 1. The molecular weight excluding hydrogens is 262 g/mol. The van der Waals surface area contributed by atoms with Crippen LogP contribution in [0.4, 0.5) is 0 Å². The second-order valence-electron chi connectivity index (χ2n) is 4.65. The maximum Gasteiger partial charge on any atom is 0.336 e. The number of esters is 1. The highest BCUT2D eigenvalue weighted by atomic mass is 35.5. The van der Waals surface area contributed by atoms with Crippen LogP contribution in [-0.2, 0) is 9.53 Å². The van der Waals surface area contributed by atoms with Gasteiger partial charge in [0.15, 0.2) is 0 Å². The number of carbonyl (C=O) groups excluding carboxylic acids is 1. The van der Waals surface area contributed by atoms with Crippen LogP contribution in [0.15, 0.2) is 40.5 Å². The van der Waals surface area contributed by atoms with E-state index in [0.29, 0.717) is 17.0 Å². The topological polar surface area (TPSA) is 38.7 Å². The van der Waals surface area contributed by atoms with Gasteiger partial charge in [-0.15, -0.1) is 0 Å². The van der Waals surface area contributed by atoms with Crippen molar-refractivity contribution in [2.45, 2.75) is 26.2 Å². The molecule has 3 nitrogen and oxygen atoms in total. The number of methoxy groups -OCH3 is 1. The first-order valence-corrected chi connectivity index (χ1v) is 6.49. The van der Waals surface area contributed by atoms with Crippen molar-refractivity contribution in [1.82, 2.24) is 0 Å². The predicted molar refractivity (Wildman–Crippen MR) is 76.6 cm³/mol. The Balaban J connectivity index is 2.50. The number of allylic oxidation sites excluding steroid dienone is 1. The van der Waals surface area contributed by atoms with Crippen molar-refractivity contribution < 1.29 is 9.53 Å². The lowest BCUT2D eigenvalue weighted by atomic mass is 9.84. The maximum atomic E-state index is 12.0. The van der Waals surface area contributed by atoms with Crippen molar-refractivity contribution in [3.8, 4) is 0 Å². The number of nitrogens with zero attached hydrogens (tertiary/aromatic N) is 1. The van der Waals surface area contributed by atoms with Gasteiger partial charge in [-0.1, -0.05) is 23.7 Å². The maximum absolute atomic E-state index is 12.0. The van der Waals surface area contributed by atoms with Crippen LogP contribution in [0.1, 0.15) is 31.7 Å². The molecule has 0 aromatic heterocycles. The summed E-state index contributed by atoms with van der Waals surface area (Å²) in [6.45, 7) is 3.81. The minimum atomic E-state index is -0.321. The molecule has 0 spiro atoms. The normalized spacial score (nSPS) is 19.2. The predicted octanol–water partition coefficient (Wildman–Crippen LogP) is 3.74. The van der Waals surface area contributed by atoms with Gasteiger partial charge in [-0.3, -0.25) is 4.99 Å². The molecule has 0 bridgehead atoms. The second kappa shape index (κ2) is 5.57. The Morgan fingerprint density at radius 2 is 2.16 bits per heavy atom. The molecule has 4 heteroatoms. The fraction of sp³-hybridized carbons (Fsp3) is 0.333. The van der Waals surface area contributed by atoms with Crippen molar-refractivity contribution in [2.75, 3.05) is 7.11 Å². The van der Waals surface area contributed by atoms with Crippen LogP contribution in [-0.4, -0.2) is 18.8 Å². The Labute approximate surface area is 117 Å². The lowest BCUT2D eigenvalue weighted by Crippen LogP contribution is -2.20. The molecule has 0 fully saturated rings. The molecule has 100 valence electrons. The molecular formula is C15H16ClNO2. The number of halogens is 1. The first kappa shape index (κ1) is 13.8. The molecule has 1 aliphatic heterocycles. The lowest BCUT2D eigenvalue weighted by molar-refractivity contribution is -0.136. The van der Waals surface area contributed by atoms with Gasteiger partial charge in [0.05, 0.1) is 12.7 Å². The summed E-state index contributed by atoms with van der Waals surface area (Å²) in [6.07, 6.45) is 0.710. The Morgan fingerprint density at radius 3 is 2.79 bits per heavy atom. The molecule has 0 radical (unpaired) electrons. The molecule has 1 heterocycles. The van der Waals surface area contributed by atoms with Crippen LogP contribution >= 0.6 is 11.6 Å². The van der Waals surface area contributed by atoms with Crippen molar-refractivity contribution >= 4 is 23.3 Å². The largest absolute Gasteiger partial charge is 0.466 e. The minimum Gasteiger partial charge on any atom is -0.466 e. The average molecular weight is 278 g/mol. The third-order valence-corrected chi connectivity index (χ3v) is 3.49. The molecule has 1 aromatic carbocycles. The molecule has 1 aromatic rings. The van der Waals surface area contributed by atoms with Gasteiger partial charge in [-0.05, 0) is 38.0 Å². The molecule has 0 amide bonds. The zero-order valence-electron chi connectivity index (χ0n) is 11.2. The number of hydrogen-bond donors (Lipinski definition) is 0. The number of rotatable bonds is 2. The number of aliphatic imine (C=N–C) groups is 1. The highest BCUT2D eigenvalue weighted by Crippen LogP contribution is 2.35. The van der Waals surface area contributed by atoms with Crippen LogP contribution in [0.3, 0.4) is 0 Å². The smallest absolute Gasteiger partial charge is 0.336 e. The van der Waals surface area contributed by atoms with E-state index >= 15 is 0 Å². The molecule has 0 aliphatic carbocycles. The second-order valence-corrected chi connectivity index (χ2v) is 5.09. The quantitative estimate of drug-likeness (QED) is 0.773. The average Bonchev–Trinajstić information content (AvgIpc) is 2.37. The highest BCUT2D eigenvalue weighted by Gasteiger charge is 2.29. The Bertz CT molecular complexity index is 575. The van der Waals surface area contributed by atoms with E-state index < -0.39 is 0 Å². The van der Waals surface area contributed by atoms with Gasteiger partial charge in [0.1, 0.15) is 0 Å². The first-order valence-electron chi connectivity index (χ1n) is 6.11. The minimum absolute atomic E-state index is 0.0383. The number of carbonyl (C=O) groups is 1. The highest BCUT2D eigenvalue weighted by molar-refractivity contribution is 6.30.